The van der Waals surface area contributed by atoms with E-state index >= 15 is 0 Å². The molecule has 7 nitrogen and oxygen atoms in total. The molecule has 0 heterocycles. The lowest BCUT2D eigenvalue weighted by atomic mass is 10.1. The highest BCUT2D eigenvalue weighted by atomic mass is 32.2. The third kappa shape index (κ3) is 4.20. The van der Waals surface area contributed by atoms with Crippen molar-refractivity contribution in [1.82, 2.24) is 5.32 Å². The maximum atomic E-state index is 11.3. The molecule has 0 amide bonds. The fourth-order valence-corrected chi connectivity index (χ4v) is 3.00. The Morgan fingerprint density at radius 1 is 1.33 bits per heavy atom. The molecule has 18 heavy (non-hydrogen) atoms. The van der Waals surface area contributed by atoms with Crippen LogP contribution in [0.3, 0.4) is 0 Å². The van der Waals surface area contributed by atoms with Gasteiger partial charge in [0.15, 0.2) is 0 Å². The molecule has 0 saturated heterocycles. The summed E-state index contributed by atoms with van der Waals surface area (Å²) < 4.78 is 31.2. The second kappa shape index (κ2) is 7.03. The molecule has 0 aromatic carbocycles. The summed E-state index contributed by atoms with van der Waals surface area (Å²) in [5.41, 5.74) is 0. The van der Waals surface area contributed by atoms with Crippen LogP contribution < -0.4 is 10.4 Å². The first-order chi connectivity index (χ1) is 7.92. The highest BCUT2D eigenvalue weighted by Gasteiger charge is 2.55. The SMILES string of the molecule is CCCC(C(=O)[O-])([N+](C)(C)C)S(=O)(=O)O.CNC. The molecule has 0 fully saturated rings. The molecule has 0 saturated carbocycles. The van der Waals surface area contributed by atoms with Gasteiger partial charge in [-0.25, -0.2) is 0 Å². The van der Waals surface area contributed by atoms with Crippen molar-refractivity contribution in [3.63, 3.8) is 0 Å². The minimum Gasteiger partial charge on any atom is -0.543 e. The Labute approximate surface area is 109 Å². The Kier molecular flexibility index (Phi) is 7.67. The van der Waals surface area contributed by atoms with Crippen molar-refractivity contribution >= 4 is 16.1 Å². The fourth-order valence-electron chi connectivity index (χ4n) is 1.63. The zero-order valence-electron chi connectivity index (χ0n) is 11.8. The molecular formula is C10H24N2O5S. The molecular weight excluding hydrogens is 260 g/mol. The van der Waals surface area contributed by atoms with Crippen molar-refractivity contribution in [3.05, 3.63) is 0 Å². The topological polar surface area (TPSA) is 107 Å². The summed E-state index contributed by atoms with van der Waals surface area (Å²) in [6.45, 7) is 1.64. The van der Waals surface area contributed by atoms with Crippen molar-refractivity contribution in [3.8, 4) is 0 Å². The van der Waals surface area contributed by atoms with Crippen LogP contribution in [0.1, 0.15) is 19.8 Å². The zero-order valence-corrected chi connectivity index (χ0v) is 12.7. The zero-order chi connectivity index (χ0) is 15.2. The van der Waals surface area contributed by atoms with Crippen LogP contribution in [-0.4, -0.2) is 63.5 Å². The van der Waals surface area contributed by atoms with Crippen molar-refractivity contribution in [2.75, 3.05) is 35.2 Å². The Bertz CT molecular complexity index is 361. The van der Waals surface area contributed by atoms with Crippen LogP contribution in [0.15, 0.2) is 0 Å². The fraction of sp³-hybridized carbons (Fsp3) is 0.900. The Hall–Kier alpha value is -0.700. The molecule has 1 unspecified atom stereocenters. The summed E-state index contributed by atoms with van der Waals surface area (Å²) >= 11 is 0. The second-order valence-electron chi connectivity index (χ2n) is 4.81. The molecule has 110 valence electrons. The number of nitrogens with zero attached hydrogens (tertiary/aromatic N) is 1. The minimum atomic E-state index is -4.74. The highest BCUT2D eigenvalue weighted by Crippen LogP contribution is 2.29. The standard InChI is InChI=1S/C8H17NO5S.C2H7N/c1-5-6-8(7(10)11,9(2,3)4)15(12,13)14;1-3-2/h5-6H2,1-4H3,(H-,10,11,12,13,14);3H,1-2H3. The molecule has 0 aliphatic rings. The predicted octanol–water partition coefficient (Wildman–Crippen LogP) is -1.34. The molecule has 0 aromatic heterocycles. The maximum Gasteiger partial charge on any atom is 0.328 e. The van der Waals surface area contributed by atoms with Gasteiger partial charge in [-0.3, -0.25) is 4.55 Å². The van der Waals surface area contributed by atoms with E-state index in [9.17, 15) is 18.3 Å². The Balaban J connectivity index is 0. The number of aliphatic carboxylic acids is 1. The van der Waals surface area contributed by atoms with Crippen LogP contribution in [0.5, 0.6) is 0 Å². The molecule has 2 N–H and O–H groups in total. The van der Waals surface area contributed by atoms with Gasteiger partial charge in [-0.2, -0.15) is 8.42 Å². The third-order valence-corrected chi connectivity index (χ3v) is 4.19. The molecule has 0 aliphatic heterocycles. The van der Waals surface area contributed by atoms with E-state index in [1.807, 2.05) is 14.1 Å². The first-order valence-corrected chi connectivity index (χ1v) is 6.94. The summed E-state index contributed by atoms with van der Waals surface area (Å²) in [5, 5.41) is 13.8. The number of nitrogens with one attached hydrogen (secondary N) is 1. The van der Waals surface area contributed by atoms with Crippen LogP contribution in [0, 0.1) is 0 Å². The largest absolute Gasteiger partial charge is 0.543 e. The van der Waals surface area contributed by atoms with Gasteiger partial charge in [-0.1, -0.05) is 6.92 Å². The van der Waals surface area contributed by atoms with Gasteiger partial charge in [0.1, 0.15) is 5.97 Å². The summed E-state index contributed by atoms with van der Waals surface area (Å²) in [6.07, 6.45) is 0.112. The van der Waals surface area contributed by atoms with Gasteiger partial charge in [0.25, 0.3) is 4.87 Å². The van der Waals surface area contributed by atoms with E-state index < -0.39 is 25.4 Å². The number of hydrogen-bond acceptors (Lipinski definition) is 5. The lowest BCUT2D eigenvalue weighted by molar-refractivity contribution is -0.901. The highest BCUT2D eigenvalue weighted by molar-refractivity contribution is 7.87. The quantitative estimate of drug-likeness (QED) is 0.478. The first-order valence-electron chi connectivity index (χ1n) is 5.50. The molecule has 0 aromatic rings. The van der Waals surface area contributed by atoms with E-state index in [2.05, 4.69) is 5.32 Å². The summed E-state index contributed by atoms with van der Waals surface area (Å²) in [7, 11) is 3.18. The normalized spacial score (nSPS) is 15.3. The van der Waals surface area contributed by atoms with Gasteiger partial charge in [-0.15, -0.1) is 0 Å². The molecule has 0 rings (SSSR count). The summed E-state index contributed by atoms with van der Waals surface area (Å²) in [4.78, 5) is 8.74. The summed E-state index contributed by atoms with van der Waals surface area (Å²) in [6, 6.07) is 0. The number of carbonyl (C=O) groups excluding carboxylic acids is 1. The predicted molar refractivity (Wildman–Crippen MR) is 67.2 cm³/mol. The Morgan fingerprint density at radius 2 is 1.67 bits per heavy atom. The van der Waals surface area contributed by atoms with Crippen molar-refractivity contribution in [1.29, 1.82) is 0 Å². The third-order valence-electron chi connectivity index (χ3n) is 2.42. The second-order valence-corrected chi connectivity index (χ2v) is 6.43. The van der Waals surface area contributed by atoms with Crippen molar-refractivity contribution < 1.29 is 27.4 Å². The Morgan fingerprint density at radius 3 is 1.72 bits per heavy atom. The number of likely N-dealkylation sites (N-methyl/N-ethyl adjacent to an activating group) is 1. The number of rotatable bonds is 5. The number of hydrogen-bond donors (Lipinski definition) is 2. The van der Waals surface area contributed by atoms with Gasteiger partial charge >= 0.3 is 10.1 Å². The average Bonchev–Trinajstić information content (AvgIpc) is 2.10. The smallest absolute Gasteiger partial charge is 0.328 e. The maximum absolute atomic E-state index is 11.3. The van der Waals surface area contributed by atoms with Gasteiger partial charge in [0.05, 0.1) is 21.1 Å². The van der Waals surface area contributed by atoms with Gasteiger partial charge in [-0.05, 0) is 20.5 Å². The molecule has 0 aliphatic carbocycles. The summed E-state index contributed by atoms with van der Waals surface area (Å²) in [5.74, 6) is -1.78. The lowest BCUT2D eigenvalue weighted by Gasteiger charge is -2.43. The van der Waals surface area contributed by atoms with Crippen LogP contribution in [-0.2, 0) is 14.9 Å². The van der Waals surface area contributed by atoms with Gasteiger partial charge in [0, 0.05) is 6.42 Å². The average molecular weight is 284 g/mol. The van der Waals surface area contributed by atoms with Crippen LogP contribution in [0.4, 0.5) is 0 Å². The van der Waals surface area contributed by atoms with Gasteiger partial charge in [0.2, 0.25) is 0 Å². The van der Waals surface area contributed by atoms with E-state index in [1.165, 1.54) is 21.1 Å². The van der Waals surface area contributed by atoms with Gasteiger partial charge < -0.3 is 19.7 Å². The molecule has 8 heteroatoms. The molecule has 0 spiro atoms. The number of carboxylic acids is 1. The monoisotopic (exact) mass is 284 g/mol. The van der Waals surface area contributed by atoms with Crippen molar-refractivity contribution in [2.45, 2.75) is 24.6 Å². The number of carboxylic acid groups (broad SMARTS) is 1. The first kappa shape index (κ1) is 19.6. The molecule has 1 atom stereocenters. The molecule has 0 radical (unpaired) electrons. The van der Waals surface area contributed by atoms with E-state index in [4.69, 9.17) is 4.55 Å². The number of quaternary nitrogens is 1. The van der Waals surface area contributed by atoms with Crippen LogP contribution >= 0.6 is 0 Å². The van der Waals surface area contributed by atoms with Crippen LogP contribution in [0.25, 0.3) is 0 Å². The van der Waals surface area contributed by atoms with E-state index in [1.54, 1.807) is 6.92 Å². The minimum absolute atomic E-state index is 0.197. The number of carbonyl (C=O) groups is 1. The van der Waals surface area contributed by atoms with Crippen LogP contribution in [0.2, 0.25) is 0 Å². The van der Waals surface area contributed by atoms with E-state index in [0.717, 1.165) is 0 Å². The lowest BCUT2D eigenvalue weighted by Crippen LogP contribution is -2.69. The van der Waals surface area contributed by atoms with Crippen molar-refractivity contribution in [2.24, 2.45) is 0 Å². The molecule has 0 bridgehead atoms. The van der Waals surface area contributed by atoms with E-state index in [-0.39, 0.29) is 6.42 Å². The van der Waals surface area contributed by atoms with E-state index in [0.29, 0.717) is 6.42 Å².